The lowest BCUT2D eigenvalue weighted by molar-refractivity contribution is -0.124. The Morgan fingerprint density at radius 2 is 2.08 bits per heavy atom. The first kappa shape index (κ1) is 17.6. The quantitative estimate of drug-likeness (QED) is 0.866. The van der Waals surface area contributed by atoms with E-state index in [1.807, 2.05) is 6.07 Å². The number of benzene rings is 1. The third-order valence-corrected chi connectivity index (χ3v) is 7.40. The zero-order chi connectivity index (χ0) is 17.9. The summed E-state index contributed by atoms with van der Waals surface area (Å²) in [5.74, 6) is -0.290. The predicted octanol–water partition coefficient (Wildman–Crippen LogP) is 2.09. The molecule has 1 aromatic heterocycles. The van der Waals surface area contributed by atoms with Crippen LogP contribution in [-0.4, -0.2) is 31.2 Å². The van der Waals surface area contributed by atoms with Gasteiger partial charge in [-0.3, -0.25) is 4.79 Å². The lowest BCUT2D eigenvalue weighted by Crippen LogP contribution is -2.45. The fourth-order valence-corrected chi connectivity index (χ4v) is 5.60. The number of amides is 1. The van der Waals surface area contributed by atoms with Crippen LogP contribution in [0.5, 0.6) is 0 Å². The van der Waals surface area contributed by atoms with Crippen LogP contribution < -0.4 is 5.32 Å². The van der Waals surface area contributed by atoms with Crippen LogP contribution >= 0.6 is 11.3 Å². The van der Waals surface area contributed by atoms with Crippen LogP contribution in [0.2, 0.25) is 0 Å². The molecule has 3 rings (SSSR count). The van der Waals surface area contributed by atoms with Crippen LogP contribution in [0.1, 0.15) is 24.0 Å². The molecule has 0 radical (unpaired) electrons. The Morgan fingerprint density at radius 3 is 2.72 bits per heavy atom. The highest BCUT2D eigenvalue weighted by molar-refractivity contribution is 7.91. The molecule has 0 spiro atoms. The van der Waals surface area contributed by atoms with Crippen molar-refractivity contribution in [3.63, 3.8) is 0 Å². The maximum absolute atomic E-state index is 12.7. The number of nitrogens with one attached hydrogen (secondary N) is 1. The number of hydrogen-bond acceptors (Lipinski definition) is 5. The molecule has 2 aromatic rings. The van der Waals surface area contributed by atoms with Gasteiger partial charge >= 0.3 is 0 Å². The van der Waals surface area contributed by atoms with Gasteiger partial charge in [0.2, 0.25) is 5.91 Å². The Labute approximate surface area is 150 Å². The van der Waals surface area contributed by atoms with E-state index < -0.39 is 16.1 Å². The van der Waals surface area contributed by atoms with Gasteiger partial charge in [0.25, 0.3) is 10.0 Å². The molecule has 0 saturated carbocycles. The van der Waals surface area contributed by atoms with Crippen LogP contribution in [-0.2, 0) is 21.4 Å². The number of hydrogen-bond donors (Lipinski definition) is 1. The number of carbonyl (C=O) groups is 1. The minimum atomic E-state index is -3.63. The van der Waals surface area contributed by atoms with E-state index in [2.05, 4.69) is 5.32 Å². The predicted molar refractivity (Wildman–Crippen MR) is 94.2 cm³/mol. The van der Waals surface area contributed by atoms with Crippen molar-refractivity contribution in [3.05, 3.63) is 52.9 Å². The summed E-state index contributed by atoms with van der Waals surface area (Å²) in [7, 11) is -3.63. The van der Waals surface area contributed by atoms with Gasteiger partial charge in [0, 0.05) is 13.1 Å². The van der Waals surface area contributed by atoms with Crippen LogP contribution in [0.25, 0.3) is 0 Å². The Morgan fingerprint density at radius 1 is 1.32 bits per heavy atom. The van der Waals surface area contributed by atoms with Crippen LogP contribution in [0.3, 0.4) is 0 Å². The number of sulfonamides is 1. The van der Waals surface area contributed by atoms with Gasteiger partial charge in [0.15, 0.2) is 0 Å². The van der Waals surface area contributed by atoms with Gasteiger partial charge in [-0.2, -0.15) is 9.57 Å². The highest BCUT2D eigenvalue weighted by atomic mass is 32.2. The van der Waals surface area contributed by atoms with Crippen molar-refractivity contribution < 1.29 is 13.2 Å². The van der Waals surface area contributed by atoms with E-state index >= 15 is 0 Å². The number of nitrogens with zero attached hydrogens (tertiary/aromatic N) is 2. The van der Waals surface area contributed by atoms with Gasteiger partial charge in [-0.05, 0) is 42.0 Å². The maximum Gasteiger partial charge on any atom is 0.253 e. The van der Waals surface area contributed by atoms with Crippen molar-refractivity contribution in [2.75, 3.05) is 6.54 Å². The molecular formula is C17H17N3O3S2. The molecule has 1 atom stereocenters. The van der Waals surface area contributed by atoms with Crippen molar-refractivity contribution in [2.45, 2.75) is 29.6 Å². The number of thiophene rings is 1. The fraction of sp³-hybridized carbons (Fsp3) is 0.294. The summed E-state index contributed by atoms with van der Waals surface area (Å²) in [6, 6.07) is 11.5. The van der Waals surface area contributed by atoms with Crippen molar-refractivity contribution in [3.8, 4) is 6.07 Å². The normalized spacial score (nSPS) is 18.0. The largest absolute Gasteiger partial charge is 0.351 e. The van der Waals surface area contributed by atoms with Crippen molar-refractivity contribution in [1.82, 2.24) is 9.62 Å². The minimum Gasteiger partial charge on any atom is -0.351 e. The smallest absolute Gasteiger partial charge is 0.253 e. The standard InChI is InChI=1S/C17H17N3O3S2/c18-11-13-5-7-14(8-6-13)12-19-17(21)15-3-1-9-20(15)25(22,23)16-4-2-10-24-16/h2,4-8,10,15H,1,3,9,12H2,(H,19,21)/t15-/m1/s1. The average Bonchev–Trinajstić information content (AvgIpc) is 3.31. The molecule has 1 saturated heterocycles. The topological polar surface area (TPSA) is 90.3 Å². The molecule has 1 aliphatic rings. The average molecular weight is 375 g/mol. The van der Waals surface area contributed by atoms with Crippen LogP contribution in [0, 0.1) is 11.3 Å². The van der Waals surface area contributed by atoms with Crippen molar-refractivity contribution in [2.24, 2.45) is 0 Å². The summed E-state index contributed by atoms with van der Waals surface area (Å²) in [5.41, 5.74) is 1.41. The summed E-state index contributed by atoms with van der Waals surface area (Å²) < 4.78 is 26.9. The lowest BCUT2D eigenvalue weighted by Gasteiger charge is -2.22. The van der Waals surface area contributed by atoms with E-state index in [9.17, 15) is 13.2 Å². The van der Waals surface area contributed by atoms with Crippen molar-refractivity contribution in [1.29, 1.82) is 5.26 Å². The third kappa shape index (κ3) is 3.74. The highest BCUT2D eigenvalue weighted by Crippen LogP contribution is 2.28. The first-order valence-electron chi connectivity index (χ1n) is 7.84. The number of carbonyl (C=O) groups excluding carboxylic acids is 1. The van der Waals surface area contributed by atoms with E-state index in [0.717, 1.165) is 16.9 Å². The second-order valence-corrected chi connectivity index (χ2v) is 8.80. The lowest BCUT2D eigenvalue weighted by atomic mass is 10.1. The molecule has 130 valence electrons. The second-order valence-electron chi connectivity index (χ2n) is 5.73. The Kier molecular flexibility index (Phi) is 5.18. The van der Waals surface area contributed by atoms with Gasteiger partial charge in [-0.1, -0.05) is 18.2 Å². The molecule has 25 heavy (non-hydrogen) atoms. The van der Waals surface area contributed by atoms with Crippen molar-refractivity contribution >= 4 is 27.3 Å². The molecule has 1 amide bonds. The van der Waals surface area contributed by atoms with Gasteiger partial charge in [0.1, 0.15) is 10.3 Å². The van der Waals surface area contributed by atoms with E-state index in [1.165, 1.54) is 4.31 Å². The maximum atomic E-state index is 12.7. The van der Waals surface area contributed by atoms with Gasteiger partial charge < -0.3 is 5.32 Å². The molecule has 1 N–H and O–H groups in total. The SMILES string of the molecule is N#Cc1ccc(CNC(=O)[C@H]2CCCN2S(=O)(=O)c2cccs2)cc1. The highest BCUT2D eigenvalue weighted by Gasteiger charge is 2.39. The zero-order valence-electron chi connectivity index (χ0n) is 13.4. The molecule has 1 aliphatic heterocycles. The van der Waals surface area contributed by atoms with E-state index in [0.29, 0.717) is 31.5 Å². The summed E-state index contributed by atoms with van der Waals surface area (Å²) in [6.45, 7) is 0.656. The first-order chi connectivity index (χ1) is 12.0. The summed E-state index contributed by atoms with van der Waals surface area (Å²) in [6.07, 6.45) is 1.18. The number of nitriles is 1. The molecule has 0 unspecified atom stereocenters. The second kappa shape index (κ2) is 7.35. The fourth-order valence-electron chi connectivity index (χ4n) is 2.82. The van der Waals surface area contributed by atoms with Gasteiger partial charge in [-0.15, -0.1) is 11.3 Å². The minimum absolute atomic E-state index is 0.263. The Bertz CT molecular complexity index is 884. The Balaban J connectivity index is 1.67. The molecule has 6 nitrogen and oxygen atoms in total. The molecule has 2 heterocycles. The summed E-state index contributed by atoms with van der Waals surface area (Å²) in [5, 5.41) is 13.3. The zero-order valence-corrected chi connectivity index (χ0v) is 15.0. The van der Waals surface area contributed by atoms with E-state index in [4.69, 9.17) is 5.26 Å². The molecule has 8 heteroatoms. The van der Waals surface area contributed by atoms with Crippen LogP contribution in [0.4, 0.5) is 0 Å². The first-order valence-corrected chi connectivity index (χ1v) is 10.2. The Hall–Kier alpha value is -2.21. The van der Waals surface area contributed by atoms with E-state index in [-0.39, 0.29) is 10.1 Å². The summed E-state index contributed by atoms with van der Waals surface area (Å²) in [4.78, 5) is 12.5. The number of rotatable bonds is 5. The molecule has 0 bridgehead atoms. The van der Waals surface area contributed by atoms with Gasteiger partial charge in [0.05, 0.1) is 11.6 Å². The van der Waals surface area contributed by atoms with E-state index in [1.54, 1.807) is 41.8 Å². The summed E-state index contributed by atoms with van der Waals surface area (Å²) >= 11 is 1.16. The molecule has 1 aromatic carbocycles. The van der Waals surface area contributed by atoms with Gasteiger partial charge in [-0.25, -0.2) is 8.42 Å². The third-order valence-electron chi connectivity index (χ3n) is 4.11. The molecule has 1 fully saturated rings. The monoisotopic (exact) mass is 375 g/mol. The van der Waals surface area contributed by atoms with Crippen LogP contribution in [0.15, 0.2) is 46.0 Å². The molecular weight excluding hydrogens is 358 g/mol. The molecule has 0 aliphatic carbocycles.